The van der Waals surface area contributed by atoms with Crippen molar-refractivity contribution in [2.24, 2.45) is 5.10 Å². The molecular weight excluding hydrogens is 458 g/mol. The summed E-state index contributed by atoms with van der Waals surface area (Å²) in [5, 5.41) is 8.74. The summed E-state index contributed by atoms with van der Waals surface area (Å²) >= 11 is 0. The van der Waals surface area contributed by atoms with Crippen LogP contribution in [0.1, 0.15) is 23.7 Å². The van der Waals surface area contributed by atoms with Crippen molar-refractivity contribution in [2.45, 2.75) is 26.0 Å². The molecule has 3 aromatic carbocycles. The molecule has 1 atom stereocenters. The Kier molecular flexibility index (Phi) is 8.27. The number of benzene rings is 3. The predicted octanol–water partition coefficient (Wildman–Crippen LogP) is 3.95. The van der Waals surface area contributed by atoms with E-state index in [1.54, 1.807) is 12.4 Å². The lowest BCUT2D eigenvalue weighted by atomic mass is 10.0. The van der Waals surface area contributed by atoms with Gasteiger partial charge in [0.15, 0.2) is 0 Å². The zero-order chi connectivity index (χ0) is 25.2. The smallest absolute Gasteiger partial charge is 0.408 e. The summed E-state index contributed by atoms with van der Waals surface area (Å²) in [6.45, 7) is 2.48. The van der Waals surface area contributed by atoms with Gasteiger partial charge in [0.1, 0.15) is 18.4 Å². The largest absolute Gasteiger partial charge is 0.493 e. The molecule has 2 amide bonds. The van der Waals surface area contributed by atoms with E-state index in [9.17, 15) is 9.59 Å². The van der Waals surface area contributed by atoms with Crippen LogP contribution in [-0.4, -0.2) is 40.8 Å². The van der Waals surface area contributed by atoms with Crippen LogP contribution in [0.15, 0.2) is 84.4 Å². The van der Waals surface area contributed by atoms with Crippen LogP contribution in [0.2, 0.25) is 0 Å². The lowest BCUT2D eigenvalue weighted by molar-refractivity contribution is -0.123. The van der Waals surface area contributed by atoms with Crippen LogP contribution < -0.4 is 15.5 Å². The van der Waals surface area contributed by atoms with Gasteiger partial charge in [-0.3, -0.25) is 4.79 Å². The SMILES string of the molecule is CCOc1ccc2ccccc2c1/C=N\NC(=O)[C@H](Cc1cnc[nH]1)NC(=O)OCc1ccccc1. The molecule has 1 aromatic heterocycles. The molecule has 0 aliphatic heterocycles. The minimum absolute atomic E-state index is 0.0878. The van der Waals surface area contributed by atoms with Crippen molar-refractivity contribution < 1.29 is 19.1 Å². The molecule has 4 aromatic rings. The summed E-state index contributed by atoms with van der Waals surface area (Å²) in [5.41, 5.74) is 4.79. The van der Waals surface area contributed by atoms with Gasteiger partial charge in [-0.05, 0) is 29.3 Å². The molecule has 0 unspecified atom stereocenters. The zero-order valence-corrected chi connectivity index (χ0v) is 19.8. The van der Waals surface area contributed by atoms with Crippen molar-refractivity contribution in [3.05, 3.63) is 96.1 Å². The van der Waals surface area contributed by atoms with Crippen LogP contribution in [-0.2, 0) is 22.6 Å². The van der Waals surface area contributed by atoms with Gasteiger partial charge in [0.05, 0.1) is 19.1 Å². The zero-order valence-electron chi connectivity index (χ0n) is 19.8. The monoisotopic (exact) mass is 485 g/mol. The number of hydrogen-bond donors (Lipinski definition) is 3. The van der Waals surface area contributed by atoms with E-state index in [2.05, 4.69) is 25.8 Å². The van der Waals surface area contributed by atoms with Crippen molar-refractivity contribution in [2.75, 3.05) is 6.61 Å². The molecule has 1 heterocycles. The summed E-state index contributed by atoms with van der Waals surface area (Å²) in [4.78, 5) is 32.3. The second kappa shape index (κ2) is 12.2. The average Bonchev–Trinajstić information content (AvgIpc) is 3.42. The highest BCUT2D eigenvalue weighted by Gasteiger charge is 2.22. The fraction of sp³-hybridized carbons (Fsp3) is 0.185. The summed E-state index contributed by atoms with van der Waals surface area (Å²) < 4.78 is 11.0. The van der Waals surface area contributed by atoms with Gasteiger partial charge in [0, 0.05) is 23.9 Å². The molecule has 0 bridgehead atoms. The Morgan fingerprint density at radius 3 is 2.67 bits per heavy atom. The lowest BCUT2D eigenvalue weighted by Crippen LogP contribution is -2.47. The number of aromatic amines is 1. The average molecular weight is 486 g/mol. The molecule has 4 rings (SSSR count). The Hall–Kier alpha value is -4.66. The number of nitrogens with zero attached hydrogens (tertiary/aromatic N) is 2. The Bertz CT molecular complexity index is 1320. The highest BCUT2D eigenvalue weighted by Crippen LogP contribution is 2.26. The van der Waals surface area contributed by atoms with E-state index in [1.165, 1.54) is 6.33 Å². The van der Waals surface area contributed by atoms with E-state index < -0.39 is 18.0 Å². The summed E-state index contributed by atoms with van der Waals surface area (Å²) in [5.74, 6) is 0.154. The maximum atomic E-state index is 13.0. The first-order valence-corrected chi connectivity index (χ1v) is 11.6. The van der Waals surface area contributed by atoms with E-state index in [1.807, 2.05) is 73.7 Å². The van der Waals surface area contributed by atoms with E-state index in [4.69, 9.17) is 9.47 Å². The van der Waals surface area contributed by atoms with E-state index in [0.717, 1.165) is 21.9 Å². The Morgan fingerprint density at radius 2 is 1.89 bits per heavy atom. The number of rotatable bonds is 10. The van der Waals surface area contributed by atoms with Crippen molar-refractivity contribution in [1.82, 2.24) is 20.7 Å². The number of imidazole rings is 1. The number of H-pyrrole nitrogens is 1. The van der Waals surface area contributed by atoms with Gasteiger partial charge in [0.2, 0.25) is 0 Å². The molecule has 184 valence electrons. The topological polar surface area (TPSA) is 118 Å². The molecule has 0 radical (unpaired) electrons. The maximum absolute atomic E-state index is 13.0. The fourth-order valence-corrected chi connectivity index (χ4v) is 3.66. The predicted molar refractivity (Wildman–Crippen MR) is 137 cm³/mol. The molecule has 3 N–H and O–H groups in total. The van der Waals surface area contributed by atoms with Gasteiger partial charge < -0.3 is 19.8 Å². The molecule has 0 saturated heterocycles. The van der Waals surface area contributed by atoms with E-state index in [-0.39, 0.29) is 13.0 Å². The van der Waals surface area contributed by atoms with Crippen LogP contribution in [0.5, 0.6) is 5.75 Å². The van der Waals surface area contributed by atoms with Crippen molar-refractivity contribution >= 4 is 29.0 Å². The first-order valence-electron chi connectivity index (χ1n) is 11.6. The Morgan fingerprint density at radius 1 is 1.08 bits per heavy atom. The maximum Gasteiger partial charge on any atom is 0.408 e. The van der Waals surface area contributed by atoms with Crippen molar-refractivity contribution in [1.29, 1.82) is 0 Å². The number of carbonyl (C=O) groups is 2. The Labute approximate surface area is 208 Å². The number of hydrogen-bond acceptors (Lipinski definition) is 6. The highest BCUT2D eigenvalue weighted by atomic mass is 16.5. The molecular formula is C27H27N5O4. The van der Waals surface area contributed by atoms with Crippen LogP contribution in [0.3, 0.4) is 0 Å². The number of aromatic nitrogens is 2. The highest BCUT2D eigenvalue weighted by molar-refractivity contribution is 6.02. The third kappa shape index (κ3) is 6.47. The normalized spacial score (nSPS) is 11.8. The second-order valence-corrected chi connectivity index (χ2v) is 7.91. The van der Waals surface area contributed by atoms with Gasteiger partial charge in [-0.2, -0.15) is 5.10 Å². The minimum atomic E-state index is -0.940. The molecule has 0 saturated carbocycles. The number of amides is 2. The molecule has 0 spiro atoms. The third-order valence-corrected chi connectivity index (χ3v) is 5.40. The van der Waals surface area contributed by atoms with Crippen molar-refractivity contribution in [3.63, 3.8) is 0 Å². The number of alkyl carbamates (subject to hydrolysis) is 1. The summed E-state index contributed by atoms with van der Waals surface area (Å²) in [6.07, 6.45) is 4.11. The van der Waals surface area contributed by atoms with E-state index >= 15 is 0 Å². The van der Waals surface area contributed by atoms with Crippen LogP contribution in [0, 0.1) is 0 Å². The molecule has 0 aliphatic rings. The van der Waals surface area contributed by atoms with Crippen LogP contribution in [0.25, 0.3) is 10.8 Å². The number of nitrogens with one attached hydrogen (secondary N) is 3. The fourth-order valence-electron chi connectivity index (χ4n) is 3.66. The number of carbonyl (C=O) groups excluding carboxylic acids is 2. The number of hydrazone groups is 1. The van der Waals surface area contributed by atoms with E-state index in [0.29, 0.717) is 18.1 Å². The van der Waals surface area contributed by atoms with Gasteiger partial charge in [-0.1, -0.05) is 60.7 Å². The van der Waals surface area contributed by atoms with Gasteiger partial charge in [-0.15, -0.1) is 0 Å². The van der Waals surface area contributed by atoms with Gasteiger partial charge in [0.25, 0.3) is 5.91 Å². The standard InChI is InChI=1S/C27H27N5O4/c1-2-35-25-13-12-20-10-6-7-11-22(20)23(25)16-30-32-26(33)24(14-21-15-28-18-29-21)31-27(34)36-17-19-8-4-3-5-9-19/h3-13,15-16,18,24H,2,14,17H2,1H3,(H,28,29)(H,31,34)(H,32,33)/b30-16-/t24-/m0/s1. The van der Waals surface area contributed by atoms with Gasteiger partial charge >= 0.3 is 6.09 Å². The molecule has 0 aliphatic carbocycles. The minimum Gasteiger partial charge on any atom is -0.493 e. The van der Waals surface area contributed by atoms with Crippen molar-refractivity contribution in [3.8, 4) is 5.75 Å². The number of ether oxygens (including phenoxy) is 2. The third-order valence-electron chi connectivity index (χ3n) is 5.40. The Balaban J connectivity index is 1.46. The molecule has 9 nitrogen and oxygen atoms in total. The van der Waals surface area contributed by atoms with Crippen LogP contribution >= 0.6 is 0 Å². The molecule has 36 heavy (non-hydrogen) atoms. The van der Waals surface area contributed by atoms with Gasteiger partial charge in [-0.25, -0.2) is 15.2 Å². The molecule has 0 fully saturated rings. The second-order valence-electron chi connectivity index (χ2n) is 7.91. The lowest BCUT2D eigenvalue weighted by Gasteiger charge is -2.16. The summed E-state index contributed by atoms with van der Waals surface area (Å²) in [7, 11) is 0. The first kappa shape index (κ1) is 24.5. The van der Waals surface area contributed by atoms with Crippen LogP contribution in [0.4, 0.5) is 4.79 Å². The number of fused-ring (bicyclic) bond motifs is 1. The first-order chi connectivity index (χ1) is 17.6. The molecule has 9 heteroatoms. The summed E-state index contributed by atoms with van der Waals surface area (Å²) in [6, 6.07) is 20.0. The quantitative estimate of drug-likeness (QED) is 0.232.